The molecule has 0 bridgehead atoms. The number of rotatable bonds is 27. The van der Waals surface area contributed by atoms with Crippen LogP contribution in [0.4, 0.5) is 0 Å². The van der Waals surface area contributed by atoms with Crippen molar-refractivity contribution >= 4 is 0 Å². The molecule has 0 aliphatic carbocycles. The third-order valence-corrected chi connectivity index (χ3v) is 7.99. The lowest BCUT2D eigenvalue weighted by molar-refractivity contribution is 0.0320. The Labute approximate surface area is 222 Å². The third-order valence-electron chi connectivity index (χ3n) is 7.99. The van der Waals surface area contributed by atoms with Crippen LogP contribution in [0, 0.1) is 23.7 Å². The summed E-state index contributed by atoms with van der Waals surface area (Å²) in [5, 5.41) is 0. The van der Waals surface area contributed by atoms with E-state index < -0.39 is 0 Å². The van der Waals surface area contributed by atoms with Crippen LogP contribution in [-0.4, -0.2) is 19.2 Å². The summed E-state index contributed by atoms with van der Waals surface area (Å²) in [7, 11) is 0. The van der Waals surface area contributed by atoms with Gasteiger partial charge in [-0.05, 0) is 49.9 Å². The van der Waals surface area contributed by atoms with Crippen LogP contribution < -0.4 is 11.2 Å². The topological polar surface area (TPSA) is 47.3 Å². The van der Waals surface area contributed by atoms with Gasteiger partial charge >= 0.3 is 0 Å². The van der Waals surface area contributed by atoms with Crippen LogP contribution in [-0.2, 0) is 4.84 Å². The normalized spacial score (nSPS) is 16.2. The molecule has 0 fully saturated rings. The summed E-state index contributed by atoms with van der Waals surface area (Å²) in [6.07, 6.45) is 25.7. The van der Waals surface area contributed by atoms with Crippen molar-refractivity contribution in [2.24, 2.45) is 29.4 Å². The maximum Gasteiger partial charge on any atom is 0.0684 e. The lowest BCUT2D eigenvalue weighted by Crippen LogP contribution is -2.18. The average molecular weight is 497 g/mol. The predicted molar refractivity (Wildman–Crippen MR) is 158 cm³/mol. The molecule has 0 aromatic rings. The number of nitrogens with one attached hydrogen (secondary N) is 1. The highest BCUT2D eigenvalue weighted by Crippen LogP contribution is 2.23. The molecule has 35 heavy (non-hydrogen) atoms. The average Bonchev–Trinajstić information content (AvgIpc) is 2.81. The second-order valence-electron chi connectivity index (χ2n) is 12.4. The molecule has 0 aliphatic heterocycles. The van der Waals surface area contributed by atoms with Crippen molar-refractivity contribution in [3.63, 3.8) is 0 Å². The summed E-state index contributed by atoms with van der Waals surface area (Å²) in [6.45, 7) is 16.0. The van der Waals surface area contributed by atoms with Crippen molar-refractivity contribution in [2.45, 2.75) is 170 Å². The van der Waals surface area contributed by atoms with Gasteiger partial charge in [-0.25, -0.2) is 5.48 Å². The Morgan fingerprint density at radius 2 is 0.943 bits per heavy atom. The summed E-state index contributed by atoms with van der Waals surface area (Å²) >= 11 is 0. The number of hydrogen-bond donors (Lipinski definition) is 2. The third kappa shape index (κ3) is 26.7. The van der Waals surface area contributed by atoms with Crippen molar-refractivity contribution in [3.05, 3.63) is 0 Å². The number of hydroxylamine groups is 1. The molecule has 3 heteroatoms. The van der Waals surface area contributed by atoms with E-state index in [1.165, 1.54) is 116 Å². The van der Waals surface area contributed by atoms with Crippen molar-refractivity contribution in [3.8, 4) is 0 Å². The van der Waals surface area contributed by atoms with Crippen LogP contribution in [0.2, 0.25) is 0 Å². The van der Waals surface area contributed by atoms with E-state index in [-0.39, 0.29) is 0 Å². The molecule has 0 aromatic heterocycles. The molecular formula is C32H68N2O. The minimum Gasteiger partial charge on any atom is -0.328 e. The largest absolute Gasteiger partial charge is 0.328 e. The van der Waals surface area contributed by atoms with Gasteiger partial charge in [0, 0.05) is 12.6 Å². The number of nitrogens with two attached hydrogens (primary N) is 1. The lowest BCUT2D eigenvalue weighted by Gasteiger charge is -2.16. The minimum atomic E-state index is 0.351. The van der Waals surface area contributed by atoms with Crippen LogP contribution >= 0.6 is 0 Å². The molecule has 212 valence electrons. The van der Waals surface area contributed by atoms with Crippen molar-refractivity contribution in [1.29, 1.82) is 0 Å². The first-order chi connectivity index (χ1) is 16.8. The fourth-order valence-corrected chi connectivity index (χ4v) is 5.17. The summed E-state index contributed by atoms with van der Waals surface area (Å²) in [5.74, 6) is 3.52. The van der Waals surface area contributed by atoms with Gasteiger partial charge in [0.2, 0.25) is 0 Å². The fraction of sp³-hybridized carbons (Fsp3) is 1.00. The van der Waals surface area contributed by atoms with Crippen molar-refractivity contribution < 1.29 is 4.84 Å². The van der Waals surface area contributed by atoms with E-state index in [4.69, 9.17) is 10.6 Å². The summed E-state index contributed by atoms with van der Waals surface area (Å²) in [6, 6.07) is 0.351. The highest BCUT2D eigenvalue weighted by Gasteiger charge is 2.08. The molecule has 3 nitrogen and oxygen atoms in total. The highest BCUT2D eigenvalue weighted by atomic mass is 16.6. The van der Waals surface area contributed by atoms with Crippen LogP contribution in [0.15, 0.2) is 0 Å². The minimum absolute atomic E-state index is 0.351. The van der Waals surface area contributed by atoms with Gasteiger partial charge in [-0.3, -0.25) is 0 Å². The van der Waals surface area contributed by atoms with E-state index in [0.29, 0.717) is 6.04 Å². The van der Waals surface area contributed by atoms with Gasteiger partial charge in [-0.1, -0.05) is 137 Å². The number of hydrogen-bond acceptors (Lipinski definition) is 3. The second-order valence-corrected chi connectivity index (χ2v) is 12.4. The molecule has 0 rings (SSSR count). The molecule has 0 heterocycles. The van der Waals surface area contributed by atoms with Crippen molar-refractivity contribution in [1.82, 2.24) is 5.48 Å². The van der Waals surface area contributed by atoms with Gasteiger partial charge in [0.05, 0.1) is 6.61 Å². The second kappa shape index (κ2) is 25.5. The van der Waals surface area contributed by atoms with E-state index in [2.05, 4.69) is 47.0 Å². The Hall–Kier alpha value is -0.120. The summed E-state index contributed by atoms with van der Waals surface area (Å²) in [4.78, 5) is 5.64. The summed E-state index contributed by atoms with van der Waals surface area (Å²) < 4.78 is 0. The van der Waals surface area contributed by atoms with E-state index in [0.717, 1.165) is 43.2 Å². The first-order valence-corrected chi connectivity index (χ1v) is 15.9. The Bertz CT molecular complexity index is 414. The van der Waals surface area contributed by atoms with E-state index in [1.54, 1.807) is 0 Å². The van der Waals surface area contributed by atoms with Crippen LogP contribution in [0.1, 0.15) is 164 Å². The first-order valence-electron chi connectivity index (χ1n) is 15.9. The number of unbranched alkanes of at least 4 members (excludes halogenated alkanes) is 5. The van der Waals surface area contributed by atoms with Gasteiger partial charge in [-0.15, -0.1) is 0 Å². The zero-order valence-electron chi connectivity index (χ0n) is 25.2. The molecule has 0 amide bonds. The van der Waals surface area contributed by atoms with Crippen LogP contribution in [0.25, 0.3) is 0 Å². The van der Waals surface area contributed by atoms with Gasteiger partial charge < -0.3 is 10.6 Å². The fourth-order valence-electron chi connectivity index (χ4n) is 5.17. The molecular weight excluding hydrogens is 428 g/mol. The monoisotopic (exact) mass is 497 g/mol. The summed E-state index contributed by atoms with van der Waals surface area (Å²) in [5.41, 5.74) is 8.94. The van der Waals surface area contributed by atoms with E-state index in [9.17, 15) is 0 Å². The van der Waals surface area contributed by atoms with Gasteiger partial charge in [-0.2, -0.15) is 0 Å². The Morgan fingerprint density at radius 3 is 1.46 bits per heavy atom. The molecule has 5 atom stereocenters. The molecule has 0 saturated heterocycles. The first kappa shape index (κ1) is 34.9. The van der Waals surface area contributed by atoms with Crippen LogP contribution in [0.3, 0.4) is 0 Å². The molecule has 0 aromatic carbocycles. The van der Waals surface area contributed by atoms with Crippen LogP contribution in [0.5, 0.6) is 0 Å². The Kier molecular flexibility index (Phi) is 25.4. The lowest BCUT2D eigenvalue weighted by atomic mass is 9.91. The Morgan fingerprint density at radius 1 is 0.514 bits per heavy atom. The standard InChI is InChI=1S/C32H68N2O/c1-7-8-17-28(2)20-15-21-29(3)18-12-13-19-30(4)22-16-23-31(5)25-27-35-34-26-14-10-9-11-24-32(6)33/h28-32,34H,7-27,33H2,1-6H3. The zero-order chi connectivity index (χ0) is 26.2. The molecule has 0 spiro atoms. The smallest absolute Gasteiger partial charge is 0.0684 e. The zero-order valence-corrected chi connectivity index (χ0v) is 25.2. The highest BCUT2D eigenvalue weighted by molar-refractivity contribution is 4.61. The Balaban J connectivity index is 3.45. The predicted octanol–water partition coefficient (Wildman–Crippen LogP) is 9.83. The van der Waals surface area contributed by atoms with E-state index >= 15 is 0 Å². The quantitative estimate of drug-likeness (QED) is 0.0878. The van der Waals surface area contributed by atoms with Gasteiger partial charge in [0.15, 0.2) is 0 Å². The van der Waals surface area contributed by atoms with Gasteiger partial charge in [0.25, 0.3) is 0 Å². The maximum atomic E-state index is 5.79. The molecule has 5 unspecified atom stereocenters. The molecule has 0 saturated carbocycles. The maximum absolute atomic E-state index is 5.79. The van der Waals surface area contributed by atoms with Gasteiger partial charge in [0.1, 0.15) is 0 Å². The molecule has 0 aliphatic rings. The molecule has 0 radical (unpaired) electrons. The van der Waals surface area contributed by atoms with Crippen molar-refractivity contribution in [2.75, 3.05) is 13.2 Å². The van der Waals surface area contributed by atoms with E-state index in [1.807, 2.05) is 0 Å². The SMILES string of the molecule is CCCCC(C)CCCC(C)CCCCC(C)CCCC(C)CCONCCCCCCC(C)N. The molecule has 3 N–H and O–H groups in total.